The monoisotopic (exact) mass is 312 g/mol. The van der Waals surface area contributed by atoms with Crippen molar-refractivity contribution < 1.29 is 4.79 Å². The van der Waals surface area contributed by atoms with Crippen molar-refractivity contribution in [3.8, 4) is 0 Å². The van der Waals surface area contributed by atoms with Crippen molar-refractivity contribution in [1.82, 2.24) is 10.2 Å². The molecule has 0 saturated carbocycles. The average Bonchev–Trinajstić information content (AvgIpc) is 2.84. The van der Waals surface area contributed by atoms with E-state index in [1.54, 1.807) is 11.8 Å². The normalized spacial score (nSPS) is 19.2. The molecule has 1 aromatic rings. The molecule has 1 heterocycles. The van der Waals surface area contributed by atoms with Gasteiger partial charge < -0.3 is 10.2 Å². The van der Waals surface area contributed by atoms with Crippen molar-refractivity contribution in [1.29, 1.82) is 0 Å². The van der Waals surface area contributed by atoms with Crippen LogP contribution in [0.15, 0.2) is 24.3 Å². The first-order valence-corrected chi connectivity index (χ1v) is 8.45. The first kappa shape index (κ1) is 15.7. The van der Waals surface area contributed by atoms with Crippen LogP contribution in [-0.2, 0) is 10.5 Å². The zero-order valence-electron chi connectivity index (χ0n) is 11.8. The standard InChI is InChI=1S/C15H21ClN2OS/c1-18-7-6-12(9-18)8-17-15(19)11-20-10-13-4-2-3-5-14(13)16/h2-5,12H,6-11H2,1H3,(H,17,19). The van der Waals surface area contributed by atoms with Gasteiger partial charge in [-0.15, -0.1) is 11.8 Å². The van der Waals surface area contributed by atoms with Gasteiger partial charge in [-0.2, -0.15) is 0 Å². The van der Waals surface area contributed by atoms with E-state index in [9.17, 15) is 4.79 Å². The summed E-state index contributed by atoms with van der Waals surface area (Å²) >= 11 is 7.69. The van der Waals surface area contributed by atoms with Crippen LogP contribution in [0.5, 0.6) is 0 Å². The quantitative estimate of drug-likeness (QED) is 0.876. The molecule has 0 radical (unpaired) electrons. The van der Waals surface area contributed by atoms with Gasteiger partial charge in [-0.05, 0) is 37.6 Å². The minimum atomic E-state index is 0.122. The van der Waals surface area contributed by atoms with Gasteiger partial charge >= 0.3 is 0 Å². The fraction of sp³-hybridized carbons (Fsp3) is 0.533. The number of benzene rings is 1. The highest BCUT2D eigenvalue weighted by molar-refractivity contribution is 7.99. The second-order valence-electron chi connectivity index (χ2n) is 5.31. The molecule has 0 aromatic heterocycles. The number of rotatable bonds is 6. The number of likely N-dealkylation sites (tertiary alicyclic amines) is 1. The maximum Gasteiger partial charge on any atom is 0.230 e. The number of hydrogen-bond donors (Lipinski definition) is 1. The Morgan fingerprint density at radius 3 is 3.00 bits per heavy atom. The SMILES string of the molecule is CN1CCC(CNC(=O)CSCc2ccccc2Cl)C1. The predicted octanol–water partition coefficient (Wildman–Crippen LogP) is 2.64. The third kappa shape index (κ3) is 5.00. The van der Waals surface area contributed by atoms with Gasteiger partial charge in [0.25, 0.3) is 0 Å². The first-order valence-electron chi connectivity index (χ1n) is 6.91. The summed E-state index contributed by atoms with van der Waals surface area (Å²) in [6, 6.07) is 7.77. The largest absolute Gasteiger partial charge is 0.355 e. The Hall–Kier alpha value is -0.710. The molecule has 20 heavy (non-hydrogen) atoms. The van der Waals surface area contributed by atoms with Crippen LogP contribution >= 0.6 is 23.4 Å². The number of halogens is 1. The Kier molecular flexibility index (Phi) is 6.20. The highest BCUT2D eigenvalue weighted by Gasteiger charge is 2.19. The lowest BCUT2D eigenvalue weighted by Crippen LogP contribution is -2.31. The zero-order chi connectivity index (χ0) is 14.4. The predicted molar refractivity (Wildman–Crippen MR) is 86.2 cm³/mol. The third-order valence-corrected chi connectivity index (χ3v) is 4.88. The molecular weight excluding hydrogens is 292 g/mol. The molecule has 3 nitrogen and oxygen atoms in total. The fourth-order valence-corrected chi connectivity index (χ4v) is 3.51. The number of carbonyl (C=O) groups excluding carboxylic acids is 1. The Morgan fingerprint density at radius 1 is 1.50 bits per heavy atom. The van der Waals surface area contributed by atoms with Crippen molar-refractivity contribution >= 4 is 29.3 Å². The van der Waals surface area contributed by atoms with Crippen LogP contribution in [0.1, 0.15) is 12.0 Å². The lowest BCUT2D eigenvalue weighted by molar-refractivity contribution is -0.118. The Balaban J connectivity index is 1.62. The molecule has 1 amide bonds. The first-order chi connectivity index (χ1) is 9.65. The van der Waals surface area contributed by atoms with Crippen LogP contribution in [0.2, 0.25) is 5.02 Å². The summed E-state index contributed by atoms with van der Waals surface area (Å²) in [7, 11) is 2.13. The minimum absolute atomic E-state index is 0.122. The molecule has 1 atom stereocenters. The number of hydrogen-bond acceptors (Lipinski definition) is 3. The highest BCUT2D eigenvalue weighted by Crippen LogP contribution is 2.20. The molecule has 1 unspecified atom stereocenters. The van der Waals surface area contributed by atoms with E-state index in [2.05, 4.69) is 17.3 Å². The van der Waals surface area contributed by atoms with E-state index in [4.69, 9.17) is 11.6 Å². The molecule has 2 rings (SSSR count). The molecule has 1 aliphatic heterocycles. The summed E-state index contributed by atoms with van der Waals surface area (Å²) in [6.07, 6.45) is 1.18. The molecule has 1 N–H and O–H groups in total. The Morgan fingerprint density at radius 2 is 2.30 bits per heavy atom. The third-order valence-electron chi connectivity index (χ3n) is 3.53. The van der Waals surface area contributed by atoms with Gasteiger partial charge in [-0.1, -0.05) is 29.8 Å². The van der Waals surface area contributed by atoms with Crippen LogP contribution in [0, 0.1) is 5.92 Å². The number of nitrogens with zero attached hydrogens (tertiary/aromatic N) is 1. The van der Waals surface area contributed by atoms with Gasteiger partial charge in [0, 0.05) is 23.9 Å². The number of nitrogens with one attached hydrogen (secondary N) is 1. The molecule has 1 aliphatic rings. The summed E-state index contributed by atoms with van der Waals surface area (Å²) in [5.74, 6) is 2.00. The molecular formula is C15H21ClN2OS. The lowest BCUT2D eigenvalue weighted by atomic mass is 10.1. The van der Waals surface area contributed by atoms with Gasteiger partial charge in [0.15, 0.2) is 0 Å². The average molecular weight is 313 g/mol. The topological polar surface area (TPSA) is 32.3 Å². The summed E-state index contributed by atoms with van der Waals surface area (Å²) in [5, 5.41) is 3.80. The molecule has 0 aliphatic carbocycles. The van der Waals surface area contributed by atoms with Gasteiger partial charge in [-0.3, -0.25) is 4.79 Å². The van der Waals surface area contributed by atoms with Crippen molar-refractivity contribution in [3.05, 3.63) is 34.9 Å². The van der Waals surface area contributed by atoms with Gasteiger partial charge in [-0.25, -0.2) is 0 Å². The van der Waals surface area contributed by atoms with Crippen molar-refractivity contribution in [2.75, 3.05) is 32.4 Å². The van der Waals surface area contributed by atoms with E-state index in [0.29, 0.717) is 11.7 Å². The Labute approximate surface area is 130 Å². The van der Waals surface area contributed by atoms with E-state index >= 15 is 0 Å². The summed E-state index contributed by atoms with van der Waals surface area (Å²) in [6.45, 7) is 3.03. The molecule has 5 heteroatoms. The maximum absolute atomic E-state index is 11.8. The van der Waals surface area contributed by atoms with Crippen molar-refractivity contribution in [2.45, 2.75) is 12.2 Å². The molecule has 0 bridgehead atoms. The highest BCUT2D eigenvalue weighted by atomic mass is 35.5. The Bertz CT molecular complexity index is 455. The van der Waals surface area contributed by atoms with Crippen LogP contribution in [-0.4, -0.2) is 43.2 Å². The van der Waals surface area contributed by atoms with Crippen LogP contribution in [0.3, 0.4) is 0 Å². The van der Waals surface area contributed by atoms with Gasteiger partial charge in [0.2, 0.25) is 5.91 Å². The summed E-state index contributed by atoms with van der Waals surface area (Å²) < 4.78 is 0. The molecule has 110 valence electrons. The molecule has 0 spiro atoms. The van der Waals surface area contributed by atoms with E-state index in [1.165, 1.54) is 6.42 Å². The number of thioether (sulfide) groups is 1. The van der Waals surface area contributed by atoms with E-state index in [-0.39, 0.29) is 5.91 Å². The molecule has 1 fully saturated rings. The van der Waals surface area contributed by atoms with Crippen molar-refractivity contribution in [3.63, 3.8) is 0 Å². The molecule has 1 aromatic carbocycles. The van der Waals surface area contributed by atoms with Gasteiger partial charge in [0.1, 0.15) is 0 Å². The second-order valence-corrected chi connectivity index (χ2v) is 6.70. The smallest absolute Gasteiger partial charge is 0.230 e. The maximum atomic E-state index is 11.8. The van der Waals surface area contributed by atoms with Gasteiger partial charge in [0.05, 0.1) is 5.75 Å². The second kappa shape index (κ2) is 7.91. The zero-order valence-corrected chi connectivity index (χ0v) is 13.3. The fourth-order valence-electron chi connectivity index (χ4n) is 2.37. The summed E-state index contributed by atoms with van der Waals surface area (Å²) in [5.41, 5.74) is 1.09. The summed E-state index contributed by atoms with van der Waals surface area (Å²) in [4.78, 5) is 14.1. The number of amides is 1. The van der Waals surface area contributed by atoms with E-state index < -0.39 is 0 Å². The van der Waals surface area contributed by atoms with Crippen LogP contribution in [0.4, 0.5) is 0 Å². The van der Waals surface area contributed by atoms with Crippen LogP contribution in [0.25, 0.3) is 0 Å². The lowest BCUT2D eigenvalue weighted by Gasteiger charge is -2.11. The van der Waals surface area contributed by atoms with E-state index in [0.717, 1.165) is 36.0 Å². The van der Waals surface area contributed by atoms with Crippen LogP contribution < -0.4 is 5.32 Å². The van der Waals surface area contributed by atoms with Crippen molar-refractivity contribution in [2.24, 2.45) is 5.92 Å². The number of carbonyl (C=O) groups is 1. The van der Waals surface area contributed by atoms with E-state index in [1.807, 2.05) is 24.3 Å². The minimum Gasteiger partial charge on any atom is -0.355 e. The molecule has 1 saturated heterocycles.